The highest BCUT2D eigenvalue weighted by molar-refractivity contribution is 7.89. The fraction of sp³-hybridized carbons (Fsp3) is 0.538. The van der Waals surface area contributed by atoms with Crippen molar-refractivity contribution in [2.24, 2.45) is 0 Å². The van der Waals surface area contributed by atoms with Crippen LogP contribution in [0.3, 0.4) is 0 Å². The van der Waals surface area contributed by atoms with Crippen molar-refractivity contribution < 1.29 is 12.8 Å². The van der Waals surface area contributed by atoms with Crippen molar-refractivity contribution in [3.8, 4) is 0 Å². The molecule has 1 N–H and O–H groups in total. The van der Waals surface area contributed by atoms with Crippen LogP contribution in [0.5, 0.6) is 0 Å². The number of hydrogen-bond donors (Lipinski definition) is 1. The van der Waals surface area contributed by atoms with E-state index in [1.54, 1.807) is 13.8 Å². The predicted molar refractivity (Wildman–Crippen MR) is 78.9 cm³/mol. The van der Waals surface area contributed by atoms with E-state index >= 15 is 0 Å². The summed E-state index contributed by atoms with van der Waals surface area (Å²) in [5.41, 5.74) is 0.245. The Hall–Kier alpha value is -0.690. The lowest BCUT2D eigenvalue weighted by Crippen LogP contribution is -2.33. The molecule has 0 unspecified atom stereocenters. The number of nitrogens with zero attached hydrogens (tertiary/aromatic N) is 1. The zero-order valence-electron chi connectivity index (χ0n) is 12.1. The molecular formula is C13H20ClFN2O2S. The van der Waals surface area contributed by atoms with E-state index in [4.69, 9.17) is 11.6 Å². The largest absolute Gasteiger partial charge is 0.313 e. The van der Waals surface area contributed by atoms with Crippen molar-refractivity contribution in [3.63, 3.8) is 0 Å². The van der Waals surface area contributed by atoms with Crippen molar-refractivity contribution in [2.45, 2.75) is 38.3 Å². The SMILES string of the molecule is CCNCc1cc(Cl)cc(S(=O)(=O)N(C)C(C)C)c1F. The van der Waals surface area contributed by atoms with E-state index in [0.717, 1.165) is 10.4 Å². The second-order valence-electron chi connectivity index (χ2n) is 4.77. The fourth-order valence-corrected chi connectivity index (χ4v) is 3.43. The number of hydrogen-bond acceptors (Lipinski definition) is 3. The summed E-state index contributed by atoms with van der Waals surface area (Å²) in [5.74, 6) is -0.747. The Bertz CT molecular complexity index is 576. The van der Waals surface area contributed by atoms with E-state index in [0.29, 0.717) is 6.54 Å². The average Bonchev–Trinajstić information content (AvgIpc) is 2.37. The van der Waals surface area contributed by atoms with E-state index in [2.05, 4.69) is 5.32 Å². The van der Waals surface area contributed by atoms with Crippen LogP contribution < -0.4 is 5.32 Å². The summed E-state index contributed by atoms with van der Waals surface area (Å²) in [6, 6.07) is 2.32. The Morgan fingerprint density at radius 2 is 2.00 bits per heavy atom. The molecule has 0 bridgehead atoms. The van der Waals surface area contributed by atoms with Crippen LogP contribution in [0.4, 0.5) is 4.39 Å². The molecule has 0 aromatic heterocycles. The molecule has 0 heterocycles. The first-order valence-electron chi connectivity index (χ1n) is 6.38. The Morgan fingerprint density at radius 3 is 2.50 bits per heavy atom. The quantitative estimate of drug-likeness (QED) is 0.876. The summed E-state index contributed by atoms with van der Waals surface area (Å²) in [4.78, 5) is -0.380. The molecule has 7 heteroatoms. The molecule has 1 aromatic rings. The highest BCUT2D eigenvalue weighted by atomic mass is 35.5. The van der Waals surface area contributed by atoms with Gasteiger partial charge < -0.3 is 5.32 Å². The molecule has 0 aliphatic rings. The van der Waals surface area contributed by atoms with E-state index in [1.165, 1.54) is 13.1 Å². The predicted octanol–water partition coefficient (Wildman–Crippen LogP) is 2.62. The summed E-state index contributed by atoms with van der Waals surface area (Å²) < 4.78 is 40.3. The lowest BCUT2D eigenvalue weighted by Gasteiger charge is -2.22. The number of rotatable bonds is 6. The molecule has 0 atom stereocenters. The van der Waals surface area contributed by atoms with Crippen LogP contribution in [0.2, 0.25) is 5.02 Å². The lowest BCUT2D eigenvalue weighted by molar-refractivity contribution is 0.406. The van der Waals surface area contributed by atoms with Gasteiger partial charge in [0.05, 0.1) is 0 Å². The minimum Gasteiger partial charge on any atom is -0.313 e. The minimum atomic E-state index is -3.89. The topological polar surface area (TPSA) is 49.4 Å². The monoisotopic (exact) mass is 322 g/mol. The number of halogens is 2. The van der Waals surface area contributed by atoms with Gasteiger partial charge in [0.15, 0.2) is 0 Å². The molecule has 0 amide bonds. The third-order valence-electron chi connectivity index (χ3n) is 3.03. The van der Waals surface area contributed by atoms with Crippen molar-refractivity contribution in [1.82, 2.24) is 9.62 Å². The van der Waals surface area contributed by atoms with Crippen LogP contribution >= 0.6 is 11.6 Å². The summed E-state index contributed by atoms with van der Waals surface area (Å²) in [6.45, 7) is 6.21. The molecular weight excluding hydrogens is 303 g/mol. The van der Waals surface area contributed by atoms with Gasteiger partial charge >= 0.3 is 0 Å². The van der Waals surface area contributed by atoms with Gasteiger partial charge in [-0.15, -0.1) is 0 Å². The molecule has 1 rings (SSSR count). The van der Waals surface area contributed by atoms with Crippen LogP contribution in [0.1, 0.15) is 26.3 Å². The molecule has 0 fully saturated rings. The van der Waals surface area contributed by atoms with Crippen LogP contribution in [0.15, 0.2) is 17.0 Å². The zero-order chi connectivity index (χ0) is 15.5. The van der Waals surface area contributed by atoms with Crippen molar-refractivity contribution in [1.29, 1.82) is 0 Å². The van der Waals surface area contributed by atoms with Crippen molar-refractivity contribution in [2.75, 3.05) is 13.6 Å². The smallest absolute Gasteiger partial charge is 0.246 e. The maximum Gasteiger partial charge on any atom is 0.246 e. The Labute approximate surface area is 125 Å². The highest BCUT2D eigenvalue weighted by Crippen LogP contribution is 2.26. The Morgan fingerprint density at radius 1 is 1.40 bits per heavy atom. The first-order valence-corrected chi connectivity index (χ1v) is 8.20. The summed E-state index contributed by atoms with van der Waals surface area (Å²) in [7, 11) is -2.47. The Balaban J connectivity index is 3.35. The number of benzene rings is 1. The van der Waals surface area contributed by atoms with Gasteiger partial charge in [0.1, 0.15) is 10.7 Å². The van der Waals surface area contributed by atoms with Crippen molar-refractivity contribution >= 4 is 21.6 Å². The van der Waals surface area contributed by atoms with Crippen molar-refractivity contribution in [3.05, 3.63) is 28.5 Å². The van der Waals surface area contributed by atoms with Crippen LogP contribution in [0.25, 0.3) is 0 Å². The van der Waals surface area contributed by atoms with E-state index in [9.17, 15) is 12.8 Å². The van der Waals surface area contributed by atoms with Crippen LogP contribution in [0, 0.1) is 5.82 Å². The van der Waals surface area contributed by atoms with Gasteiger partial charge in [0.25, 0.3) is 0 Å². The molecule has 0 aliphatic heterocycles. The fourth-order valence-electron chi connectivity index (χ4n) is 1.63. The van der Waals surface area contributed by atoms with Gasteiger partial charge in [-0.25, -0.2) is 12.8 Å². The maximum absolute atomic E-state index is 14.4. The van der Waals surface area contributed by atoms with E-state index in [1.807, 2.05) is 6.92 Å². The molecule has 1 aromatic carbocycles. The molecule has 0 radical (unpaired) electrons. The normalized spacial score (nSPS) is 12.4. The third-order valence-corrected chi connectivity index (χ3v) is 5.28. The first kappa shape index (κ1) is 17.4. The third kappa shape index (κ3) is 3.69. The standard InChI is InChI=1S/C13H20ClFN2O2S/c1-5-16-8-10-6-11(14)7-12(13(10)15)20(18,19)17(4)9(2)3/h6-7,9,16H,5,8H2,1-4H3. The average molecular weight is 323 g/mol. The van der Waals surface area contributed by atoms with Crippen LogP contribution in [-0.2, 0) is 16.6 Å². The summed E-state index contributed by atoms with van der Waals surface area (Å²) in [6.07, 6.45) is 0. The maximum atomic E-state index is 14.4. The highest BCUT2D eigenvalue weighted by Gasteiger charge is 2.28. The van der Waals surface area contributed by atoms with E-state index < -0.39 is 15.8 Å². The minimum absolute atomic E-state index is 0.204. The molecule has 114 valence electrons. The van der Waals surface area contributed by atoms with Gasteiger partial charge in [0.2, 0.25) is 10.0 Å². The summed E-state index contributed by atoms with van der Waals surface area (Å²) in [5, 5.41) is 3.16. The first-order chi connectivity index (χ1) is 9.21. The molecule has 0 saturated heterocycles. The second-order valence-corrected chi connectivity index (χ2v) is 7.17. The van der Waals surface area contributed by atoms with Crippen LogP contribution in [-0.4, -0.2) is 32.4 Å². The van der Waals surface area contributed by atoms with Gasteiger partial charge in [-0.1, -0.05) is 18.5 Å². The van der Waals surface area contributed by atoms with E-state index in [-0.39, 0.29) is 28.1 Å². The van der Waals surface area contributed by atoms with Gasteiger partial charge in [0, 0.05) is 30.2 Å². The molecule has 4 nitrogen and oxygen atoms in total. The molecule has 0 aliphatic carbocycles. The second kappa shape index (κ2) is 6.85. The Kier molecular flexibility index (Phi) is 5.94. The zero-order valence-corrected chi connectivity index (χ0v) is 13.6. The molecule has 0 saturated carbocycles. The molecule has 0 spiro atoms. The van der Waals surface area contributed by atoms with Gasteiger partial charge in [-0.05, 0) is 32.5 Å². The van der Waals surface area contributed by atoms with Gasteiger partial charge in [-0.3, -0.25) is 0 Å². The number of sulfonamides is 1. The van der Waals surface area contributed by atoms with Gasteiger partial charge in [-0.2, -0.15) is 4.31 Å². The molecule has 20 heavy (non-hydrogen) atoms. The number of nitrogens with one attached hydrogen (secondary N) is 1. The summed E-state index contributed by atoms with van der Waals surface area (Å²) >= 11 is 5.91. The lowest BCUT2D eigenvalue weighted by atomic mass is 10.2.